The van der Waals surface area contributed by atoms with Gasteiger partial charge in [-0.3, -0.25) is 0 Å². The maximum absolute atomic E-state index is 4.56. The molecule has 18 heavy (non-hydrogen) atoms. The van der Waals surface area contributed by atoms with E-state index in [1.165, 1.54) is 32.1 Å². The molecule has 0 atom stereocenters. The van der Waals surface area contributed by atoms with E-state index in [4.69, 9.17) is 0 Å². The maximum atomic E-state index is 4.56. The Morgan fingerprint density at radius 2 is 2.06 bits per heavy atom. The summed E-state index contributed by atoms with van der Waals surface area (Å²) in [7, 11) is 0. The average Bonchev–Trinajstić information content (AvgIpc) is 2.37. The number of nitrogens with one attached hydrogen (secondary N) is 1. The molecule has 0 amide bonds. The van der Waals surface area contributed by atoms with Gasteiger partial charge in [0.2, 0.25) is 0 Å². The summed E-state index contributed by atoms with van der Waals surface area (Å²) in [6.45, 7) is 3.20. The van der Waals surface area contributed by atoms with Crippen molar-refractivity contribution in [3.8, 4) is 0 Å². The Balaban J connectivity index is 1.91. The lowest BCUT2D eigenvalue weighted by atomic mass is 9.89. The van der Waals surface area contributed by atoms with Crippen LogP contribution in [0.2, 0.25) is 0 Å². The van der Waals surface area contributed by atoms with Gasteiger partial charge >= 0.3 is 0 Å². The van der Waals surface area contributed by atoms with Gasteiger partial charge in [-0.05, 0) is 41.1 Å². The third kappa shape index (κ3) is 4.23. The molecule has 0 aromatic carbocycles. The van der Waals surface area contributed by atoms with Crippen LogP contribution < -0.4 is 5.32 Å². The average molecular weight is 312 g/mol. The minimum Gasteiger partial charge on any atom is -0.370 e. The van der Waals surface area contributed by atoms with Crippen molar-refractivity contribution in [2.24, 2.45) is 5.92 Å². The topological polar surface area (TPSA) is 37.8 Å². The number of halogens is 1. The molecule has 1 aromatic heterocycles. The van der Waals surface area contributed by atoms with Gasteiger partial charge in [0.1, 0.15) is 16.2 Å². The predicted octanol–water partition coefficient (Wildman–Crippen LogP) is 4.18. The van der Waals surface area contributed by atoms with Crippen molar-refractivity contribution in [2.45, 2.75) is 51.9 Å². The fraction of sp³-hybridized carbons (Fsp3) is 0.714. The highest BCUT2D eigenvalue weighted by Gasteiger charge is 2.13. The van der Waals surface area contributed by atoms with E-state index in [1.807, 2.05) is 6.07 Å². The standard InChI is InChI=1S/C14H22BrN3/c1-2-6-13-17-12(15)9-14(18-13)16-10-11-7-4-3-5-8-11/h9,11H,2-8,10H2,1H3,(H,16,17,18). The second-order valence-electron chi connectivity index (χ2n) is 5.13. The second-order valence-corrected chi connectivity index (χ2v) is 5.94. The molecule has 100 valence electrons. The first kappa shape index (κ1) is 13.8. The number of rotatable bonds is 5. The van der Waals surface area contributed by atoms with Crippen LogP contribution in [0.3, 0.4) is 0 Å². The number of aromatic nitrogens is 2. The number of hydrogen-bond donors (Lipinski definition) is 1. The van der Waals surface area contributed by atoms with Gasteiger partial charge in [0, 0.05) is 19.0 Å². The first-order chi connectivity index (χ1) is 8.78. The van der Waals surface area contributed by atoms with E-state index in [9.17, 15) is 0 Å². The molecule has 1 N–H and O–H groups in total. The van der Waals surface area contributed by atoms with Gasteiger partial charge in [0.05, 0.1) is 0 Å². The van der Waals surface area contributed by atoms with E-state index < -0.39 is 0 Å². The molecule has 1 heterocycles. The highest BCUT2D eigenvalue weighted by molar-refractivity contribution is 9.10. The summed E-state index contributed by atoms with van der Waals surface area (Å²) < 4.78 is 0.882. The van der Waals surface area contributed by atoms with Crippen molar-refractivity contribution >= 4 is 21.7 Å². The van der Waals surface area contributed by atoms with Crippen LogP contribution in [0.1, 0.15) is 51.3 Å². The van der Waals surface area contributed by atoms with Gasteiger partial charge in [-0.15, -0.1) is 0 Å². The summed E-state index contributed by atoms with van der Waals surface area (Å²) >= 11 is 3.46. The number of nitrogens with zero attached hydrogens (tertiary/aromatic N) is 2. The van der Waals surface area contributed by atoms with E-state index >= 15 is 0 Å². The zero-order chi connectivity index (χ0) is 12.8. The quantitative estimate of drug-likeness (QED) is 0.829. The van der Waals surface area contributed by atoms with Crippen molar-refractivity contribution in [3.63, 3.8) is 0 Å². The highest BCUT2D eigenvalue weighted by Crippen LogP contribution is 2.24. The summed E-state index contributed by atoms with van der Waals surface area (Å²) in [5.41, 5.74) is 0. The zero-order valence-corrected chi connectivity index (χ0v) is 12.7. The Labute approximate surface area is 118 Å². The third-order valence-electron chi connectivity index (χ3n) is 3.51. The summed E-state index contributed by atoms with van der Waals surface area (Å²) in [5, 5.41) is 3.47. The molecule has 1 aliphatic rings. The number of hydrogen-bond acceptors (Lipinski definition) is 3. The van der Waals surface area contributed by atoms with Crippen LogP contribution in [0.5, 0.6) is 0 Å². The van der Waals surface area contributed by atoms with Gasteiger partial charge in [0.15, 0.2) is 0 Å². The Hall–Kier alpha value is -0.640. The normalized spacial score (nSPS) is 16.8. The minimum atomic E-state index is 0.821. The molecule has 0 unspecified atom stereocenters. The lowest BCUT2D eigenvalue weighted by molar-refractivity contribution is 0.373. The summed E-state index contributed by atoms with van der Waals surface area (Å²) in [6.07, 6.45) is 8.94. The Morgan fingerprint density at radius 3 is 2.78 bits per heavy atom. The molecular formula is C14H22BrN3. The van der Waals surface area contributed by atoms with Crippen LogP contribution in [0.25, 0.3) is 0 Å². The monoisotopic (exact) mass is 311 g/mol. The molecule has 1 saturated carbocycles. The molecule has 3 nitrogen and oxygen atoms in total. The second kappa shape index (κ2) is 7.07. The van der Waals surface area contributed by atoms with Crippen LogP contribution in [0.15, 0.2) is 10.7 Å². The third-order valence-corrected chi connectivity index (χ3v) is 3.92. The number of aryl methyl sites for hydroxylation is 1. The van der Waals surface area contributed by atoms with Crippen LogP contribution in [0.4, 0.5) is 5.82 Å². The maximum Gasteiger partial charge on any atom is 0.132 e. The van der Waals surface area contributed by atoms with E-state index in [2.05, 4.69) is 38.1 Å². The van der Waals surface area contributed by atoms with E-state index in [-0.39, 0.29) is 0 Å². The lowest BCUT2D eigenvalue weighted by Gasteiger charge is -2.22. The summed E-state index contributed by atoms with van der Waals surface area (Å²) in [5.74, 6) is 2.71. The first-order valence-electron chi connectivity index (χ1n) is 7.05. The van der Waals surface area contributed by atoms with Gasteiger partial charge < -0.3 is 5.32 Å². The van der Waals surface area contributed by atoms with Gasteiger partial charge in [0.25, 0.3) is 0 Å². The molecule has 0 bridgehead atoms. The fourth-order valence-electron chi connectivity index (χ4n) is 2.53. The van der Waals surface area contributed by atoms with Crippen molar-refractivity contribution in [3.05, 3.63) is 16.5 Å². The lowest BCUT2D eigenvalue weighted by Crippen LogP contribution is -2.18. The van der Waals surface area contributed by atoms with Crippen LogP contribution in [0, 0.1) is 5.92 Å². The summed E-state index contributed by atoms with van der Waals surface area (Å²) in [6, 6.07) is 1.97. The molecule has 0 aliphatic heterocycles. The summed E-state index contributed by atoms with van der Waals surface area (Å²) in [4.78, 5) is 8.94. The highest BCUT2D eigenvalue weighted by atomic mass is 79.9. The van der Waals surface area contributed by atoms with Crippen molar-refractivity contribution in [1.29, 1.82) is 0 Å². The first-order valence-corrected chi connectivity index (χ1v) is 7.84. The molecule has 1 aliphatic carbocycles. The minimum absolute atomic E-state index is 0.821. The molecule has 0 radical (unpaired) electrons. The van der Waals surface area contributed by atoms with Crippen LogP contribution in [-0.2, 0) is 6.42 Å². The fourth-order valence-corrected chi connectivity index (χ4v) is 2.95. The van der Waals surface area contributed by atoms with Crippen molar-refractivity contribution in [2.75, 3.05) is 11.9 Å². The van der Waals surface area contributed by atoms with Crippen LogP contribution >= 0.6 is 15.9 Å². The molecule has 1 aromatic rings. The van der Waals surface area contributed by atoms with Gasteiger partial charge in [-0.2, -0.15) is 0 Å². The van der Waals surface area contributed by atoms with E-state index in [0.29, 0.717) is 0 Å². The van der Waals surface area contributed by atoms with Crippen molar-refractivity contribution in [1.82, 2.24) is 9.97 Å². The molecule has 1 fully saturated rings. The molecule has 4 heteroatoms. The zero-order valence-electron chi connectivity index (χ0n) is 11.1. The Morgan fingerprint density at radius 1 is 1.28 bits per heavy atom. The van der Waals surface area contributed by atoms with Crippen LogP contribution in [-0.4, -0.2) is 16.5 Å². The number of anilines is 1. The Bertz CT molecular complexity index is 375. The van der Waals surface area contributed by atoms with Gasteiger partial charge in [-0.1, -0.05) is 26.2 Å². The molecule has 2 rings (SSSR count). The Kier molecular flexibility index (Phi) is 5.42. The van der Waals surface area contributed by atoms with Gasteiger partial charge in [-0.25, -0.2) is 9.97 Å². The van der Waals surface area contributed by atoms with E-state index in [0.717, 1.165) is 41.5 Å². The largest absolute Gasteiger partial charge is 0.370 e. The SMILES string of the molecule is CCCc1nc(Br)cc(NCC2CCCCC2)n1. The van der Waals surface area contributed by atoms with E-state index in [1.54, 1.807) is 0 Å². The predicted molar refractivity (Wildman–Crippen MR) is 78.8 cm³/mol. The molecular weight excluding hydrogens is 290 g/mol. The molecule has 0 spiro atoms. The smallest absolute Gasteiger partial charge is 0.132 e. The van der Waals surface area contributed by atoms with Crippen molar-refractivity contribution < 1.29 is 0 Å². The molecule has 0 saturated heterocycles.